The Morgan fingerprint density at radius 1 is 1.20 bits per heavy atom. The van der Waals surface area contributed by atoms with Gasteiger partial charge in [-0.2, -0.15) is 4.39 Å². The maximum Gasteiger partial charge on any atom is 0.253 e. The van der Waals surface area contributed by atoms with E-state index in [0.717, 1.165) is 35.2 Å². The van der Waals surface area contributed by atoms with Crippen molar-refractivity contribution in [3.8, 4) is 17.0 Å². The number of aryl methyl sites for hydroxylation is 1. The number of imidazole rings is 1. The van der Waals surface area contributed by atoms with Gasteiger partial charge in [0.25, 0.3) is 5.91 Å². The zero-order chi connectivity index (χ0) is 28.6. The normalized spacial score (nSPS) is 16.3. The number of hydrogen-bond acceptors (Lipinski definition) is 5. The molecule has 3 heterocycles. The van der Waals surface area contributed by atoms with E-state index in [2.05, 4.69) is 29.4 Å². The summed E-state index contributed by atoms with van der Waals surface area (Å²) in [6, 6.07) is 8.38. The van der Waals surface area contributed by atoms with Gasteiger partial charge in [0.2, 0.25) is 5.82 Å². The number of methoxy groups -OCH3 is 1. The van der Waals surface area contributed by atoms with E-state index in [1.165, 1.54) is 38.4 Å². The van der Waals surface area contributed by atoms with Crippen molar-refractivity contribution in [3.05, 3.63) is 71.7 Å². The van der Waals surface area contributed by atoms with Gasteiger partial charge < -0.3 is 19.4 Å². The number of hydrogen-bond donors (Lipinski definition) is 1. The third kappa shape index (κ3) is 5.36. The Bertz CT molecular complexity index is 1570. The predicted octanol–water partition coefficient (Wildman–Crippen LogP) is 5.29. The second-order valence-electron chi connectivity index (χ2n) is 11.2. The van der Waals surface area contributed by atoms with Crippen molar-refractivity contribution in [2.45, 2.75) is 19.8 Å². The number of rotatable bonds is 8. The average Bonchev–Trinajstić information content (AvgIpc) is 3.51. The smallest absolute Gasteiger partial charge is 0.253 e. The summed E-state index contributed by atoms with van der Waals surface area (Å²) in [6.45, 7) is 4.99. The molecule has 0 aliphatic carbocycles. The maximum absolute atomic E-state index is 14.8. The molecule has 0 radical (unpaired) electrons. The second kappa shape index (κ2) is 10.8. The van der Waals surface area contributed by atoms with E-state index in [1.54, 1.807) is 16.8 Å². The lowest BCUT2D eigenvalue weighted by atomic mass is 10.0. The SMILES string of the molecule is COc1ccc(-c2cnc3c(Nc4ccc(C(=O)N(C)CCC5CC[N+](C)(C)C5)c(C)c4)nccn23)c(F)c1F. The monoisotopic (exact) mass is 549 g/mol. The molecule has 8 nitrogen and oxygen atoms in total. The summed E-state index contributed by atoms with van der Waals surface area (Å²) in [5, 5.41) is 3.25. The van der Waals surface area contributed by atoms with Gasteiger partial charge in [0, 0.05) is 55.1 Å². The van der Waals surface area contributed by atoms with E-state index in [1.807, 2.05) is 37.1 Å². The summed E-state index contributed by atoms with van der Waals surface area (Å²) in [5.74, 6) is -1.14. The molecule has 1 fully saturated rings. The summed E-state index contributed by atoms with van der Waals surface area (Å²) >= 11 is 0. The van der Waals surface area contributed by atoms with Crippen LogP contribution in [-0.2, 0) is 0 Å². The second-order valence-corrected chi connectivity index (χ2v) is 11.2. The molecule has 0 saturated carbocycles. The number of benzene rings is 2. The number of nitrogens with one attached hydrogen (secondary N) is 1. The van der Waals surface area contributed by atoms with Crippen molar-refractivity contribution in [1.82, 2.24) is 19.3 Å². The Kier molecular flexibility index (Phi) is 7.46. The Labute approximate surface area is 232 Å². The fourth-order valence-corrected chi connectivity index (χ4v) is 5.54. The predicted molar refractivity (Wildman–Crippen MR) is 151 cm³/mol. The van der Waals surface area contributed by atoms with E-state index in [4.69, 9.17) is 4.74 Å². The van der Waals surface area contributed by atoms with Crippen molar-refractivity contribution < 1.29 is 22.8 Å². The molecule has 1 aliphatic heterocycles. The molecule has 40 heavy (non-hydrogen) atoms. The molecule has 1 aliphatic rings. The number of nitrogens with zero attached hydrogens (tertiary/aromatic N) is 5. The molecule has 10 heteroatoms. The van der Waals surface area contributed by atoms with E-state index in [0.29, 0.717) is 28.6 Å². The average molecular weight is 550 g/mol. The first-order valence-electron chi connectivity index (χ1n) is 13.4. The van der Waals surface area contributed by atoms with Crippen LogP contribution < -0.4 is 10.1 Å². The number of likely N-dealkylation sites (tertiary alicyclic amines) is 1. The number of halogens is 2. The summed E-state index contributed by atoms with van der Waals surface area (Å²) < 4.78 is 36.7. The van der Waals surface area contributed by atoms with Gasteiger partial charge in [-0.05, 0) is 49.2 Å². The van der Waals surface area contributed by atoms with Crippen molar-refractivity contribution in [1.29, 1.82) is 0 Å². The number of anilines is 2. The summed E-state index contributed by atoms with van der Waals surface area (Å²) in [7, 11) is 7.67. The van der Waals surface area contributed by atoms with Gasteiger partial charge in [-0.25, -0.2) is 14.4 Å². The van der Waals surface area contributed by atoms with Crippen LogP contribution in [0.5, 0.6) is 5.75 Å². The molecule has 0 spiro atoms. The summed E-state index contributed by atoms with van der Waals surface area (Å²) in [6.07, 6.45) is 6.89. The number of carbonyl (C=O) groups is 1. The lowest BCUT2D eigenvalue weighted by molar-refractivity contribution is -0.879. The fourth-order valence-electron chi connectivity index (χ4n) is 5.54. The van der Waals surface area contributed by atoms with Crippen LogP contribution in [0.15, 0.2) is 48.9 Å². The van der Waals surface area contributed by atoms with Gasteiger partial charge in [-0.3, -0.25) is 9.20 Å². The van der Waals surface area contributed by atoms with E-state index in [9.17, 15) is 13.6 Å². The van der Waals surface area contributed by atoms with E-state index >= 15 is 0 Å². The molecule has 210 valence electrons. The lowest BCUT2D eigenvalue weighted by Gasteiger charge is -2.24. The number of fused-ring (bicyclic) bond motifs is 1. The molecule has 2 aromatic heterocycles. The molecule has 5 rings (SSSR count). The zero-order valence-corrected chi connectivity index (χ0v) is 23.5. The van der Waals surface area contributed by atoms with Gasteiger partial charge in [0.05, 0.1) is 46.2 Å². The van der Waals surface area contributed by atoms with Crippen LogP contribution in [0.4, 0.5) is 20.3 Å². The van der Waals surface area contributed by atoms with Crippen molar-refractivity contribution in [3.63, 3.8) is 0 Å². The molecule has 2 aromatic carbocycles. The van der Waals surface area contributed by atoms with E-state index in [-0.39, 0.29) is 17.2 Å². The minimum absolute atomic E-state index is 0.00247. The topological polar surface area (TPSA) is 71.8 Å². The molecule has 1 amide bonds. The minimum Gasteiger partial charge on any atom is -0.494 e. The number of amides is 1. The van der Waals surface area contributed by atoms with Crippen molar-refractivity contribution in [2.75, 3.05) is 53.2 Å². The highest BCUT2D eigenvalue weighted by molar-refractivity contribution is 5.96. The highest BCUT2D eigenvalue weighted by atomic mass is 19.2. The van der Waals surface area contributed by atoms with Crippen LogP contribution in [0.1, 0.15) is 28.8 Å². The minimum atomic E-state index is -1.06. The van der Waals surface area contributed by atoms with Gasteiger partial charge in [-0.15, -0.1) is 0 Å². The quantitative estimate of drug-likeness (QED) is 0.302. The Morgan fingerprint density at radius 2 is 2.00 bits per heavy atom. The molecule has 0 bridgehead atoms. The first kappa shape index (κ1) is 27.5. The van der Waals surface area contributed by atoms with Gasteiger partial charge in [0.15, 0.2) is 23.0 Å². The third-order valence-corrected chi connectivity index (χ3v) is 7.80. The Morgan fingerprint density at radius 3 is 2.70 bits per heavy atom. The van der Waals surface area contributed by atoms with Crippen LogP contribution in [-0.4, -0.2) is 77.5 Å². The summed E-state index contributed by atoms with van der Waals surface area (Å²) in [4.78, 5) is 23.8. The number of quaternary nitrogens is 1. The maximum atomic E-state index is 14.8. The molecule has 1 saturated heterocycles. The Hall–Kier alpha value is -4.05. The molecular weight excluding hydrogens is 514 g/mol. The van der Waals surface area contributed by atoms with Crippen molar-refractivity contribution in [2.24, 2.45) is 5.92 Å². The van der Waals surface area contributed by atoms with Gasteiger partial charge >= 0.3 is 0 Å². The van der Waals surface area contributed by atoms with Crippen LogP contribution in [0.3, 0.4) is 0 Å². The van der Waals surface area contributed by atoms with Crippen LogP contribution >= 0.6 is 0 Å². The zero-order valence-electron chi connectivity index (χ0n) is 23.5. The first-order chi connectivity index (χ1) is 19.1. The number of ether oxygens (including phenoxy) is 1. The summed E-state index contributed by atoms with van der Waals surface area (Å²) in [5.41, 5.74) is 3.10. The molecule has 1 N–H and O–H groups in total. The lowest BCUT2D eigenvalue weighted by Crippen LogP contribution is -2.37. The van der Waals surface area contributed by atoms with E-state index < -0.39 is 11.6 Å². The van der Waals surface area contributed by atoms with Gasteiger partial charge in [0.1, 0.15) is 0 Å². The fraction of sp³-hybridized carbons (Fsp3) is 0.367. The molecular formula is C30H35F2N6O2+. The highest BCUT2D eigenvalue weighted by Gasteiger charge is 2.31. The van der Waals surface area contributed by atoms with Crippen LogP contribution in [0, 0.1) is 24.5 Å². The number of aromatic nitrogens is 3. The van der Waals surface area contributed by atoms with Crippen molar-refractivity contribution >= 4 is 23.1 Å². The third-order valence-electron chi connectivity index (χ3n) is 7.80. The number of carbonyl (C=O) groups excluding carboxylic acids is 1. The molecule has 1 atom stereocenters. The Balaban J connectivity index is 1.32. The highest BCUT2D eigenvalue weighted by Crippen LogP contribution is 2.32. The standard InChI is InChI=1S/C30H34F2N6O2/c1-19-16-21(6-7-22(19)30(39)36(2)13-10-20-11-15-38(3,4)18-20)35-28-29-34-17-24(37(29)14-12-33-28)23-8-9-25(40-5)27(32)26(23)31/h6-9,12,14,16-17,20H,10-11,13,15,18H2,1-5H3/p+1. The van der Waals surface area contributed by atoms with Gasteiger partial charge in [-0.1, -0.05) is 0 Å². The van der Waals surface area contributed by atoms with Crippen LogP contribution in [0.2, 0.25) is 0 Å². The molecule has 1 unspecified atom stereocenters. The molecule has 4 aromatic rings. The van der Waals surface area contributed by atoms with Crippen LogP contribution in [0.25, 0.3) is 16.9 Å². The largest absolute Gasteiger partial charge is 0.494 e. The first-order valence-corrected chi connectivity index (χ1v) is 13.4.